The standard InChI is InChI=1S/C19H30N2/c1-15-9-8-10-17(16(15)2)18(20-3)19(11-4-5-12-19)21-13-6-7-14-21/h8-10,18,20H,4-7,11-14H2,1-3H3. The molecule has 0 amide bonds. The molecule has 1 N–H and O–H groups in total. The zero-order valence-electron chi connectivity index (χ0n) is 13.9. The monoisotopic (exact) mass is 286 g/mol. The van der Waals surface area contributed by atoms with Gasteiger partial charge in [0, 0.05) is 5.54 Å². The molecule has 2 heteroatoms. The summed E-state index contributed by atoms with van der Waals surface area (Å²) in [5.74, 6) is 0. The van der Waals surface area contributed by atoms with Gasteiger partial charge in [-0.25, -0.2) is 0 Å². The van der Waals surface area contributed by atoms with Crippen LogP contribution in [0.1, 0.15) is 61.3 Å². The molecule has 0 aromatic heterocycles. The molecule has 2 nitrogen and oxygen atoms in total. The summed E-state index contributed by atoms with van der Waals surface area (Å²) in [4.78, 5) is 2.81. The first kappa shape index (κ1) is 15.1. The van der Waals surface area contributed by atoms with Crippen LogP contribution in [0.2, 0.25) is 0 Å². The fourth-order valence-electron chi connectivity index (χ4n) is 4.74. The lowest BCUT2D eigenvalue weighted by Gasteiger charge is -2.46. The van der Waals surface area contributed by atoms with E-state index in [1.165, 1.54) is 68.3 Å². The van der Waals surface area contributed by atoms with Gasteiger partial charge in [-0.15, -0.1) is 0 Å². The Kier molecular flexibility index (Phi) is 4.37. The van der Waals surface area contributed by atoms with Crippen molar-refractivity contribution in [1.29, 1.82) is 0 Å². The van der Waals surface area contributed by atoms with Crippen molar-refractivity contribution in [3.8, 4) is 0 Å². The highest BCUT2D eigenvalue weighted by Gasteiger charge is 2.46. The second kappa shape index (κ2) is 6.10. The summed E-state index contributed by atoms with van der Waals surface area (Å²) in [5.41, 5.74) is 4.76. The summed E-state index contributed by atoms with van der Waals surface area (Å²) in [7, 11) is 2.16. The van der Waals surface area contributed by atoms with Crippen LogP contribution in [0.4, 0.5) is 0 Å². The number of nitrogens with zero attached hydrogens (tertiary/aromatic N) is 1. The molecule has 2 aliphatic rings. The smallest absolute Gasteiger partial charge is 0.0507 e. The second-order valence-electron chi connectivity index (χ2n) is 7.02. The van der Waals surface area contributed by atoms with Gasteiger partial charge < -0.3 is 5.32 Å². The lowest BCUT2D eigenvalue weighted by molar-refractivity contribution is 0.0794. The number of aryl methyl sites for hydroxylation is 1. The van der Waals surface area contributed by atoms with E-state index in [1.54, 1.807) is 0 Å². The third-order valence-corrected chi connectivity index (χ3v) is 5.99. The third-order valence-electron chi connectivity index (χ3n) is 5.99. The number of benzene rings is 1. The van der Waals surface area contributed by atoms with E-state index in [2.05, 4.69) is 49.3 Å². The van der Waals surface area contributed by atoms with E-state index in [0.29, 0.717) is 11.6 Å². The van der Waals surface area contributed by atoms with Crippen molar-refractivity contribution in [2.75, 3.05) is 20.1 Å². The van der Waals surface area contributed by atoms with Gasteiger partial charge in [-0.3, -0.25) is 4.90 Å². The summed E-state index contributed by atoms with van der Waals surface area (Å²) in [5, 5.41) is 3.70. The van der Waals surface area contributed by atoms with E-state index in [4.69, 9.17) is 0 Å². The number of likely N-dealkylation sites (N-methyl/N-ethyl adjacent to an activating group) is 1. The van der Waals surface area contributed by atoms with E-state index >= 15 is 0 Å². The summed E-state index contributed by atoms with van der Waals surface area (Å²) >= 11 is 0. The van der Waals surface area contributed by atoms with Gasteiger partial charge in [0.25, 0.3) is 0 Å². The predicted molar refractivity (Wildman–Crippen MR) is 89.7 cm³/mol. The maximum atomic E-state index is 3.70. The highest BCUT2D eigenvalue weighted by atomic mass is 15.2. The molecule has 0 radical (unpaired) electrons. The van der Waals surface area contributed by atoms with Crippen LogP contribution in [0.15, 0.2) is 18.2 Å². The largest absolute Gasteiger partial charge is 0.311 e. The van der Waals surface area contributed by atoms with Crippen molar-refractivity contribution in [2.45, 2.75) is 64.0 Å². The van der Waals surface area contributed by atoms with Crippen LogP contribution in [0, 0.1) is 13.8 Å². The molecule has 3 rings (SSSR count). The molecule has 1 aliphatic carbocycles. The van der Waals surface area contributed by atoms with Crippen LogP contribution < -0.4 is 5.32 Å². The van der Waals surface area contributed by atoms with Crippen molar-refractivity contribution >= 4 is 0 Å². The number of nitrogens with one attached hydrogen (secondary N) is 1. The molecule has 1 saturated carbocycles. The van der Waals surface area contributed by atoms with Gasteiger partial charge in [0.05, 0.1) is 6.04 Å². The number of likely N-dealkylation sites (tertiary alicyclic amines) is 1. The first-order valence-corrected chi connectivity index (χ1v) is 8.67. The Morgan fingerprint density at radius 2 is 1.71 bits per heavy atom. The zero-order chi connectivity index (χ0) is 14.9. The Morgan fingerprint density at radius 3 is 2.33 bits per heavy atom. The van der Waals surface area contributed by atoms with Crippen molar-refractivity contribution in [3.05, 3.63) is 34.9 Å². The van der Waals surface area contributed by atoms with Gasteiger partial charge in [0.2, 0.25) is 0 Å². The lowest BCUT2D eigenvalue weighted by Crippen LogP contribution is -2.53. The van der Waals surface area contributed by atoms with Crippen LogP contribution >= 0.6 is 0 Å². The fourth-order valence-corrected chi connectivity index (χ4v) is 4.74. The van der Waals surface area contributed by atoms with Gasteiger partial charge in [0.15, 0.2) is 0 Å². The van der Waals surface area contributed by atoms with Gasteiger partial charge in [-0.05, 0) is 76.4 Å². The summed E-state index contributed by atoms with van der Waals surface area (Å²) < 4.78 is 0. The van der Waals surface area contributed by atoms with Crippen molar-refractivity contribution in [3.63, 3.8) is 0 Å². The average molecular weight is 286 g/mol. The number of rotatable bonds is 4. The zero-order valence-corrected chi connectivity index (χ0v) is 13.9. The van der Waals surface area contributed by atoms with E-state index in [0.717, 1.165) is 0 Å². The minimum Gasteiger partial charge on any atom is -0.311 e. The molecule has 1 aliphatic heterocycles. The molecule has 1 saturated heterocycles. The Balaban J connectivity index is 2.01. The minimum atomic E-state index is 0.351. The molecule has 0 bridgehead atoms. The van der Waals surface area contributed by atoms with Crippen molar-refractivity contribution < 1.29 is 0 Å². The maximum absolute atomic E-state index is 3.70. The molecule has 1 aromatic rings. The van der Waals surface area contributed by atoms with Gasteiger partial charge >= 0.3 is 0 Å². The minimum absolute atomic E-state index is 0.351. The van der Waals surface area contributed by atoms with E-state index in [-0.39, 0.29) is 0 Å². The Labute approximate surface area is 129 Å². The molecule has 1 aromatic carbocycles. The van der Waals surface area contributed by atoms with Gasteiger partial charge in [0.1, 0.15) is 0 Å². The highest BCUT2D eigenvalue weighted by molar-refractivity contribution is 5.37. The average Bonchev–Trinajstić information content (AvgIpc) is 3.15. The van der Waals surface area contributed by atoms with Crippen LogP contribution in [0.5, 0.6) is 0 Å². The van der Waals surface area contributed by atoms with Crippen molar-refractivity contribution in [1.82, 2.24) is 10.2 Å². The Morgan fingerprint density at radius 1 is 1.05 bits per heavy atom. The molecule has 0 spiro atoms. The van der Waals surface area contributed by atoms with Crippen LogP contribution in [-0.2, 0) is 0 Å². The highest BCUT2D eigenvalue weighted by Crippen LogP contribution is 2.46. The molecular formula is C19H30N2. The van der Waals surface area contributed by atoms with Crippen LogP contribution in [-0.4, -0.2) is 30.6 Å². The molecule has 21 heavy (non-hydrogen) atoms. The SMILES string of the molecule is CNC(c1cccc(C)c1C)C1(N2CCCC2)CCCC1. The first-order valence-electron chi connectivity index (χ1n) is 8.67. The lowest BCUT2D eigenvalue weighted by atomic mass is 9.80. The first-order chi connectivity index (χ1) is 10.2. The predicted octanol–water partition coefficient (Wildman–Crippen LogP) is 3.97. The van der Waals surface area contributed by atoms with E-state index in [1.807, 2.05) is 0 Å². The topological polar surface area (TPSA) is 15.3 Å². The molecule has 1 heterocycles. The van der Waals surface area contributed by atoms with Crippen molar-refractivity contribution in [2.24, 2.45) is 0 Å². The number of hydrogen-bond acceptors (Lipinski definition) is 2. The molecule has 1 atom stereocenters. The molecule has 116 valence electrons. The fraction of sp³-hybridized carbons (Fsp3) is 0.684. The summed E-state index contributed by atoms with van der Waals surface area (Å²) in [6, 6.07) is 7.29. The van der Waals surface area contributed by atoms with E-state index < -0.39 is 0 Å². The maximum Gasteiger partial charge on any atom is 0.0507 e. The normalized spacial score (nSPS) is 23.6. The Hall–Kier alpha value is -0.860. The van der Waals surface area contributed by atoms with Crippen LogP contribution in [0.25, 0.3) is 0 Å². The van der Waals surface area contributed by atoms with Gasteiger partial charge in [-0.1, -0.05) is 31.0 Å². The summed E-state index contributed by atoms with van der Waals surface area (Å²) in [6.07, 6.45) is 8.24. The molecule has 2 fully saturated rings. The quantitative estimate of drug-likeness (QED) is 0.901. The molecule has 1 unspecified atom stereocenters. The summed E-state index contributed by atoms with van der Waals surface area (Å²) in [6.45, 7) is 7.12. The third kappa shape index (κ3) is 2.53. The Bertz CT molecular complexity index is 482. The van der Waals surface area contributed by atoms with Crippen LogP contribution in [0.3, 0.4) is 0 Å². The molecular weight excluding hydrogens is 256 g/mol. The second-order valence-corrected chi connectivity index (χ2v) is 7.02. The van der Waals surface area contributed by atoms with Gasteiger partial charge in [-0.2, -0.15) is 0 Å². The van der Waals surface area contributed by atoms with E-state index in [9.17, 15) is 0 Å². The number of hydrogen-bond donors (Lipinski definition) is 1.